The Balaban J connectivity index is 2.03. The number of anilines is 1. The van der Waals surface area contributed by atoms with E-state index in [2.05, 4.69) is 9.97 Å². The Morgan fingerprint density at radius 1 is 1.60 bits per heavy atom. The molecule has 4 heteroatoms. The lowest BCUT2D eigenvalue weighted by Gasteiger charge is -2.30. The summed E-state index contributed by atoms with van der Waals surface area (Å²) in [5.41, 5.74) is 0.431. The molecule has 1 aliphatic rings. The van der Waals surface area contributed by atoms with Crippen molar-refractivity contribution >= 4 is 5.95 Å². The molecule has 0 unspecified atom stereocenters. The second-order valence-corrected chi connectivity index (χ2v) is 4.03. The van der Waals surface area contributed by atoms with Crippen LogP contribution in [0, 0.1) is 17.2 Å². The van der Waals surface area contributed by atoms with Gasteiger partial charge in [0.1, 0.15) is 11.8 Å². The first-order valence-corrected chi connectivity index (χ1v) is 5.24. The molecule has 1 heterocycles. The van der Waals surface area contributed by atoms with E-state index in [0.29, 0.717) is 11.6 Å². The molecule has 1 aromatic heterocycles. The molecular formula is C11H14N4. The summed E-state index contributed by atoms with van der Waals surface area (Å²) >= 11 is 0. The molecule has 0 aromatic carbocycles. The van der Waals surface area contributed by atoms with Crippen LogP contribution >= 0.6 is 0 Å². The predicted octanol–water partition coefficient (Wildman–Crippen LogP) is 1.58. The molecule has 0 atom stereocenters. The molecule has 0 saturated heterocycles. The number of aromatic nitrogens is 2. The predicted molar refractivity (Wildman–Crippen MR) is 57.4 cm³/mol. The lowest BCUT2D eigenvalue weighted by molar-refractivity contribution is 0.320. The van der Waals surface area contributed by atoms with Gasteiger partial charge in [-0.05, 0) is 24.8 Å². The fourth-order valence-corrected chi connectivity index (χ4v) is 1.74. The summed E-state index contributed by atoms with van der Waals surface area (Å²) in [6, 6.07) is 3.65. The zero-order chi connectivity index (χ0) is 10.7. The maximum absolute atomic E-state index is 8.72. The Kier molecular flexibility index (Phi) is 2.82. The monoisotopic (exact) mass is 202 g/mol. The summed E-state index contributed by atoms with van der Waals surface area (Å²) in [5, 5.41) is 8.72. The third-order valence-electron chi connectivity index (χ3n) is 2.86. The van der Waals surface area contributed by atoms with E-state index in [1.165, 1.54) is 19.3 Å². The van der Waals surface area contributed by atoms with Gasteiger partial charge >= 0.3 is 0 Å². The van der Waals surface area contributed by atoms with E-state index >= 15 is 0 Å². The normalized spacial score (nSPS) is 15.5. The standard InChI is InChI=1S/C11H14N4/c1-15(8-9-3-2-4-9)11-13-6-5-10(7-12)14-11/h5-6,9H,2-4,8H2,1H3. The highest BCUT2D eigenvalue weighted by Crippen LogP contribution is 2.27. The highest BCUT2D eigenvalue weighted by Gasteiger charge is 2.20. The summed E-state index contributed by atoms with van der Waals surface area (Å²) in [5.74, 6) is 1.44. The van der Waals surface area contributed by atoms with Crippen molar-refractivity contribution in [2.75, 3.05) is 18.5 Å². The molecule has 4 nitrogen and oxygen atoms in total. The van der Waals surface area contributed by atoms with Gasteiger partial charge in [0, 0.05) is 19.8 Å². The van der Waals surface area contributed by atoms with E-state index < -0.39 is 0 Å². The zero-order valence-electron chi connectivity index (χ0n) is 8.85. The summed E-state index contributed by atoms with van der Waals surface area (Å²) in [4.78, 5) is 10.4. The van der Waals surface area contributed by atoms with E-state index in [9.17, 15) is 0 Å². The van der Waals surface area contributed by atoms with Crippen molar-refractivity contribution in [1.29, 1.82) is 5.26 Å². The third-order valence-corrected chi connectivity index (χ3v) is 2.86. The van der Waals surface area contributed by atoms with Gasteiger partial charge in [-0.1, -0.05) is 6.42 Å². The molecule has 15 heavy (non-hydrogen) atoms. The number of nitrogens with zero attached hydrogens (tertiary/aromatic N) is 4. The second-order valence-electron chi connectivity index (χ2n) is 4.03. The van der Waals surface area contributed by atoms with Gasteiger partial charge in [0.05, 0.1) is 0 Å². The number of hydrogen-bond donors (Lipinski definition) is 0. The molecule has 2 rings (SSSR count). The van der Waals surface area contributed by atoms with Crippen LogP contribution in [0.1, 0.15) is 25.0 Å². The van der Waals surface area contributed by atoms with E-state index in [-0.39, 0.29) is 0 Å². The van der Waals surface area contributed by atoms with E-state index in [0.717, 1.165) is 12.5 Å². The first kappa shape index (κ1) is 9.91. The summed E-state index contributed by atoms with van der Waals surface area (Å²) < 4.78 is 0. The fourth-order valence-electron chi connectivity index (χ4n) is 1.74. The molecular weight excluding hydrogens is 188 g/mol. The number of hydrogen-bond acceptors (Lipinski definition) is 4. The van der Waals surface area contributed by atoms with Crippen molar-refractivity contribution in [3.8, 4) is 6.07 Å². The van der Waals surface area contributed by atoms with Gasteiger partial charge in [-0.3, -0.25) is 0 Å². The average Bonchev–Trinajstić information content (AvgIpc) is 2.23. The van der Waals surface area contributed by atoms with Crippen LogP contribution in [-0.2, 0) is 0 Å². The van der Waals surface area contributed by atoms with Crippen molar-refractivity contribution in [3.63, 3.8) is 0 Å². The molecule has 1 saturated carbocycles. The van der Waals surface area contributed by atoms with Crippen LogP contribution in [-0.4, -0.2) is 23.6 Å². The number of nitriles is 1. The van der Waals surface area contributed by atoms with E-state index in [1.54, 1.807) is 12.3 Å². The maximum Gasteiger partial charge on any atom is 0.226 e. The number of rotatable bonds is 3. The van der Waals surface area contributed by atoms with E-state index in [1.807, 2.05) is 18.0 Å². The van der Waals surface area contributed by atoms with Crippen molar-refractivity contribution in [3.05, 3.63) is 18.0 Å². The summed E-state index contributed by atoms with van der Waals surface area (Å²) in [6.45, 7) is 0.995. The highest BCUT2D eigenvalue weighted by molar-refractivity contribution is 5.32. The van der Waals surface area contributed by atoms with Gasteiger partial charge in [0.25, 0.3) is 0 Å². The smallest absolute Gasteiger partial charge is 0.226 e. The Labute approximate surface area is 89.6 Å². The molecule has 0 aliphatic heterocycles. The second kappa shape index (κ2) is 4.26. The fraction of sp³-hybridized carbons (Fsp3) is 0.545. The van der Waals surface area contributed by atoms with Gasteiger partial charge in [0.2, 0.25) is 5.95 Å². The molecule has 0 bridgehead atoms. The summed E-state index contributed by atoms with van der Waals surface area (Å²) in [7, 11) is 1.98. The largest absolute Gasteiger partial charge is 0.344 e. The van der Waals surface area contributed by atoms with Crippen LogP contribution in [0.2, 0.25) is 0 Å². The van der Waals surface area contributed by atoms with Crippen molar-refractivity contribution in [1.82, 2.24) is 9.97 Å². The topological polar surface area (TPSA) is 52.8 Å². The lowest BCUT2D eigenvalue weighted by atomic mass is 9.85. The minimum atomic E-state index is 0.431. The SMILES string of the molecule is CN(CC1CCC1)c1nccc(C#N)n1. The summed E-state index contributed by atoms with van der Waals surface area (Å²) in [6.07, 6.45) is 5.60. The quantitative estimate of drug-likeness (QED) is 0.746. The Bertz CT molecular complexity index is 378. The minimum absolute atomic E-state index is 0.431. The van der Waals surface area contributed by atoms with Gasteiger partial charge in [0.15, 0.2) is 0 Å². The first-order chi connectivity index (χ1) is 7.29. The lowest BCUT2D eigenvalue weighted by Crippen LogP contribution is -2.30. The Hall–Kier alpha value is -1.63. The first-order valence-electron chi connectivity index (χ1n) is 5.24. The molecule has 1 aromatic rings. The Morgan fingerprint density at radius 2 is 2.40 bits per heavy atom. The third kappa shape index (κ3) is 2.24. The van der Waals surface area contributed by atoms with Crippen molar-refractivity contribution < 1.29 is 0 Å². The Morgan fingerprint density at radius 3 is 3.00 bits per heavy atom. The molecule has 1 fully saturated rings. The van der Waals surface area contributed by atoms with Gasteiger partial charge in [-0.2, -0.15) is 5.26 Å². The van der Waals surface area contributed by atoms with Crippen LogP contribution in [0.4, 0.5) is 5.95 Å². The molecule has 0 radical (unpaired) electrons. The maximum atomic E-state index is 8.72. The molecule has 1 aliphatic carbocycles. The van der Waals surface area contributed by atoms with Crippen LogP contribution in [0.15, 0.2) is 12.3 Å². The molecule has 0 spiro atoms. The van der Waals surface area contributed by atoms with Crippen LogP contribution < -0.4 is 4.90 Å². The van der Waals surface area contributed by atoms with Gasteiger partial charge in [-0.15, -0.1) is 0 Å². The minimum Gasteiger partial charge on any atom is -0.344 e. The van der Waals surface area contributed by atoms with Crippen molar-refractivity contribution in [2.24, 2.45) is 5.92 Å². The highest BCUT2D eigenvalue weighted by atomic mass is 15.2. The molecule has 0 N–H and O–H groups in total. The molecule has 0 amide bonds. The van der Waals surface area contributed by atoms with Crippen LogP contribution in [0.3, 0.4) is 0 Å². The van der Waals surface area contributed by atoms with Gasteiger partial charge < -0.3 is 4.90 Å². The van der Waals surface area contributed by atoms with Crippen LogP contribution in [0.25, 0.3) is 0 Å². The molecule has 78 valence electrons. The zero-order valence-corrected chi connectivity index (χ0v) is 8.85. The van der Waals surface area contributed by atoms with Crippen LogP contribution in [0.5, 0.6) is 0 Å². The van der Waals surface area contributed by atoms with Gasteiger partial charge in [-0.25, -0.2) is 9.97 Å². The van der Waals surface area contributed by atoms with E-state index in [4.69, 9.17) is 5.26 Å². The average molecular weight is 202 g/mol. The van der Waals surface area contributed by atoms with Crippen molar-refractivity contribution in [2.45, 2.75) is 19.3 Å².